The average molecular weight is 392 g/mol. The van der Waals surface area contributed by atoms with Gasteiger partial charge in [-0.15, -0.1) is 11.3 Å². The van der Waals surface area contributed by atoms with Crippen LogP contribution in [0.25, 0.3) is 10.6 Å². The van der Waals surface area contributed by atoms with Gasteiger partial charge in [-0.1, -0.05) is 38.1 Å². The number of nitrogens with zero attached hydrogens (tertiary/aromatic N) is 3. The van der Waals surface area contributed by atoms with Gasteiger partial charge in [0.2, 0.25) is 5.91 Å². The highest BCUT2D eigenvalue weighted by Crippen LogP contribution is 2.35. The molecule has 28 heavy (non-hydrogen) atoms. The van der Waals surface area contributed by atoms with Crippen LogP contribution in [0.4, 0.5) is 0 Å². The summed E-state index contributed by atoms with van der Waals surface area (Å²) in [5.74, 6) is 0.617. The van der Waals surface area contributed by atoms with Crippen molar-refractivity contribution < 1.29 is 4.79 Å². The lowest BCUT2D eigenvalue weighted by atomic mass is 9.86. The molecule has 3 heterocycles. The third-order valence-electron chi connectivity index (χ3n) is 5.34. The first-order chi connectivity index (χ1) is 13.6. The Morgan fingerprint density at radius 2 is 2.11 bits per heavy atom. The maximum absolute atomic E-state index is 13.1. The highest BCUT2D eigenvalue weighted by Gasteiger charge is 2.32. The van der Waals surface area contributed by atoms with Crippen molar-refractivity contribution in [2.45, 2.75) is 39.2 Å². The lowest BCUT2D eigenvalue weighted by Gasteiger charge is -2.40. The molecule has 1 atom stereocenters. The number of rotatable bonds is 5. The Kier molecular flexibility index (Phi) is 5.53. The summed E-state index contributed by atoms with van der Waals surface area (Å²) in [5, 5.41) is 3.02. The van der Waals surface area contributed by atoms with E-state index in [-0.39, 0.29) is 11.9 Å². The number of carbonyl (C=O) groups is 1. The second-order valence-corrected chi connectivity index (χ2v) is 8.47. The molecule has 0 aliphatic carbocycles. The van der Waals surface area contributed by atoms with Crippen LogP contribution < -0.4 is 0 Å². The van der Waals surface area contributed by atoms with Crippen LogP contribution in [0.3, 0.4) is 0 Å². The van der Waals surface area contributed by atoms with Crippen molar-refractivity contribution in [1.82, 2.24) is 14.9 Å². The van der Waals surface area contributed by atoms with E-state index < -0.39 is 0 Å². The summed E-state index contributed by atoms with van der Waals surface area (Å²) in [7, 11) is 0. The Hall–Kier alpha value is -2.53. The number of carbonyl (C=O) groups excluding carboxylic acids is 1. The Morgan fingerprint density at radius 1 is 1.25 bits per heavy atom. The molecule has 1 aliphatic heterocycles. The fourth-order valence-corrected chi connectivity index (χ4v) is 4.86. The van der Waals surface area contributed by atoms with E-state index in [0.29, 0.717) is 18.8 Å². The number of amides is 1. The van der Waals surface area contributed by atoms with E-state index in [2.05, 4.69) is 53.4 Å². The Labute approximate surface area is 170 Å². The minimum atomic E-state index is 0.166. The van der Waals surface area contributed by atoms with Crippen LogP contribution in [0.2, 0.25) is 0 Å². The van der Waals surface area contributed by atoms with E-state index >= 15 is 0 Å². The maximum atomic E-state index is 13.1. The first-order valence-corrected chi connectivity index (χ1v) is 10.7. The van der Waals surface area contributed by atoms with E-state index in [4.69, 9.17) is 4.98 Å². The van der Waals surface area contributed by atoms with Gasteiger partial charge in [-0.3, -0.25) is 9.78 Å². The molecule has 144 valence electrons. The zero-order valence-electron chi connectivity index (χ0n) is 16.3. The van der Waals surface area contributed by atoms with Crippen molar-refractivity contribution in [3.05, 3.63) is 71.0 Å². The highest BCUT2D eigenvalue weighted by atomic mass is 32.1. The quantitative estimate of drug-likeness (QED) is 0.620. The molecule has 5 heteroatoms. The van der Waals surface area contributed by atoms with Gasteiger partial charge in [-0.25, -0.2) is 4.98 Å². The smallest absolute Gasteiger partial charge is 0.223 e. The summed E-state index contributed by atoms with van der Waals surface area (Å²) >= 11 is 1.61. The van der Waals surface area contributed by atoms with Crippen molar-refractivity contribution >= 4 is 17.2 Å². The predicted octanol–water partition coefficient (Wildman–Crippen LogP) is 4.92. The summed E-state index contributed by atoms with van der Waals surface area (Å²) in [6, 6.07) is 12.6. The van der Waals surface area contributed by atoms with E-state index in [1.54, 1.807) is 17.5 Å². The zero-order valence-corrected chi connectivity index (χ0v) is 17.2. The van der Waals surface area contributed by atoms with E-state index in [9.17, 15) is 4.79 Å². The number of pyridine rings is 1. The van der Waals surface area contributed by atoms with Crippen LogP contribution >= 0.6 is 11.3 Å². The van der Waals surface area contributed by atoms with Gasteiger partial charge >= 0.3 is 0 Å². The SMILES string of the molecule is CC(C)C1c2ccccc2CCN1C(=O)CCc1csc(-c2cccnc2)n1. The van der Waals surface area contributed by atoms with E-state index in [1.807, 2.05) is 18.3 Å². The average Bonchev–Trinajstić information content (AvgIpc) is 3.20. The fourth-order valence-electron chi connectivity index (χ4n) is 4.02. The number of benzene rings is 1. The zero-order chi connectivity index (χ0) is 19.5. The maximum Gasteiger partial charge on any atom is 0.223 e. The fraction of sp³-hybridized carbons (Fsp3) is 0.348. The highest BCUT2D eigenvalue weighted by molar-refractivity contribution is 7.13. The molecule has 1 amide bonds. The third kappa shape index (κ3) is 3.85. The number of fused-ring (bicyclic) bond motifs is 1. The first kappa shape index (κ1) is 18.8. The topological polar surface area (TPSA) is 46.1 Å². The molecule has 0 radical (unpaired) electrons. The summed E-state index contributed by atoms with van der Waals surface area (Å²) in [5.41, 5.74) is 4.70. The molecular weight excluding hydrogens is 366 g/mol. The molecule has 1 unspecified atom stereocenters. The number of aryl methyl sites for hydroxylation is 1. The van der Waals surface area contributed by atoms with Crippen LogP contribution in [0.15, 0.2) is 54.2 Å². The van der Waals surface area contributed by atoms with Gasteiger partial charge < -0.3 is 4.90 Å². The monoisotopic (exact) mass is 391 g/mol. The van der Waals surface area contributed by atoms with Crippen molar-refractivity contribution in [1.29, 1.82) is 0 Å². The Balaban J connectivity index is 1.45. The largest absolute Gasteiger partial charge is 0.335 e. The Bertz CT molecular complexity index is 951. The summed E-state index contributed by atoms with van der Waals surface area (Å²) in [4.78, 5) is 24.0. The number of hydrogen-bond acceptors (Lipinski definition) is 4. The molecule has 4 nitrogen and oxygen atoms in total. The van der Waals surface area contributed by atoms with Gasteiger partial charge in [0.1, 0.15) is 5.01 Å². The van der Waals surface area contributed by atoms with Gasteiger partial charge in [0.05, 0.1) is 11.7 Å². The molecule has 0 N–H and O–H groups in total. The van der Waals surface area contributed by atoms with E-state index in [1.165, 1.54) is 11.1 Å². The third-order valence-corrected chi connectivity index (χ3v) is 6.28. The van der Waals surface area contributed by atoms with Gasteiger partial charge in [0.25, 0.3) is 0 Å². The minimum absolute atomic E-state index is 0.166. The van der Waals surface area contributed by atoms with Gasteiger partial charge in [0.15, 0.2) is 0 Å². The molecule has 1 aliphatic rings. The molecule has 0 spiro atoms. The molecule has 0 saturated carbocycles. The van der Waals surface area contributed by atoms with E-state index in [0.717, 1.165) is 29.2 Å². The van der Waals surface area contributed by atoms with Gasteiger partial charge in [-0.05, 0) is 42.0 Å². The second-order valence-electron chi connectivity index (χ2n) is 7.61. The van der Waals surface area contributed by atoms with Crippen LogP contribution in [-0.4, -0.2) is 27.3 Å². The number of thiazole rings is 1. The summed E-state index contributed by atoms with van der Waals surface area (Å²) in [6.45, 7) is 5.21. The lowest BCUT2D eigenvalue weighted by molar-refractivity contribution is -0.135. The predicted molar refractivity (Wildman–Crippen MR) is 113 cm³/mol. The molecular formula is C23H25N3OS. The molecule has 1 aromatic carbocycles. The summed E-state index contributed by atoms with van der Waals surface area (Å²) in [6.07, 6.45) is 5.71. The van der Waals surface area contributed by atoms with Crippen molar-refractivity contribution in [2.24, 2.45) is 5.92 Å². The lowest BCUT2D eigenvalue weighted by Crippen LogP contribution is -2.42. The molecule has 0 saturated heterocycles. The van der Waals surface area contributed by atoms with Gasteiger partial charge in [-0.2, -0.15) is 0 Å². The van der Waals surface area contributed by atoms with Crippen LogP contribution in [0.1, 0.15) is 43.1 Å². The first-order valence-electron chi connectivity index (χ1n) is 9.85. The second kappa shape index (κ2) is 8.23. The molecule has 0 bridgehead atoms. The number of aromatic nitrogens is 2. The van der Waals surface area contributed by atoms with Crippen molar-refractivity contribution in [3.8, 4) is 10.6 Å². The Morgan fingerprint density at radius 3 is 2.89 bits per heavy atom. The molecule has 3 aromatic rings. The van der Waals surface area contributed by atoms with Crippen molar-refractivity contribution in [2.75, 3.05) is 6.54 Å². The molecule has 2 aromatic heterocycles. The summed E-state index contributed by atoms with van der Waals surface area (Å²) < 4.78 is 0. The van der Waals surface area contributed by atoms with Crippen LogP contribution in [-0.2, 0) is 17.6 Å². The van der Waals surface area contributed by atoms with Crippen LogP contribution in [0, 0.1) is 5.92 Å². The van der Waals surface area contributed by atoms with Crippen LogP contribution in [0.5, 0.6) is 0 Å². The normalized spacial score (nSPS) is 16.2. The standard InChI is InChI=1S/C23H25N3OS/c1-16(2)22-20-8-4-3-6-17(20)11-13-26(22)21(27)10-9-19-15-28-23(25-19)18-7-5-12-24-14-18/h3-8,12,14-16,22H,9-11,13H2,1-2H3. The molecule has 0 fully saturated rings. The number of hydrogen-bond donors (Lipinski definition) is 0. The molecule has 4 rings (SSSR count). The van der Waals surface area contributed by atoms with Gasteiger partial charge in [0, 0.05) is 36.3 Å². The minimum Gasteiger partial charge on any atom is -0.335 e. The van der Waals surface area contributed by atoms with Crippen molar-refractivity contribution in [3.63, 3.8) is 0 Å².